The first-order chi connectivity index (χ1) is 15.7. The number of nitrogens with one attached hydrogen (secondary N) is 3. The molecule has 2 rings (SSSR count). The highest BCUT2D eigenvalue weighted by molar-refractivity contribution is 5.98. The molecule has 176 valence electrons. The predicted molar refractivity (Wildman–Crippen MR) is 119 cm³/mol. The van der Waals surface area contributed by atoms with Crippen LogP contribution in [0.4, 0.5) is 5.69 Å². The lowest BCUT2D eigenvalue weighted by Gasteiger charge is -2.10. The van der Waals surface area contributed by atoms with Gasteiger partial charge in [-0.15, -0.1) is 0 Å². The van der Waals surface area contributed by atoms with Gasteiger partial charge >= 0.3 is 5.69 Å². The molecule has 0 atom stereocenters. The quantitative estimate of drug-likeness (QED) is 0.365. The van der Waals surface area contributed by atoms with Gasteiger partial charge in [0.25, 0.3) is 17.7 Å². The fourth-order valence-corrected chi connectivity index (χ4v) is 2.59. The molecule has 11 nitrogen and oxygen atoms in total. The molecule has 0 aromatic heterocycles. The van der Waals surface area contributed by atoms with E-state index < -0.39 is 29.2 Å². The van der Waals surface area contributed by atoms with E-state index in [0.717, 1.165) is 12.5 Å². The Hall–Kier alpha value is -4.15. The summed E-state index contributed by atoms with van der Waals surface area (Å²) in [4.78, 5) is 46.6. The second-order valence-corrected chi connectivity index (χ2v) is 7.38. The van der Waals surface area contributed by atoms with Crippen molar-refractivity contribution < 1.29 is 28.8 Å². The Morgan fingerprint density at radius 3 is 2.27 bits per heavy atom. The lowest BCUT2D eigenvalue weighted by molar-refractivity contribution is -0.385. The van der Waals surface area contributed by atoms with Crippen LogP contribution < -0.4 is 25.6 Å². The maximum Gasteiger partial charge on any atom is 0.311 e. The van der Waals surface area contributed by atoms with E-state index >= 15 is 0 Å². The number of benzene rings is 2. The lowest BCUT2D eigenvalue weighted by atomic mass is 10.1. The van der Waals surface area contributed by atoms with Gasteiger partial charge in [-0.2, -0.15) is 0 Å². The molecule has 0 fully saturated rings. The van der Waals surface area contributed by atoms with Gasteiger partial charge < -0.3 is 14.8 Å². The van der Waals surface area contributed by atoms with Crippen molar-refractivity contribution in [2.75, 3.05) is 20.3 Å². The zero-order chi connectivity index (χ0) is 24.4. The van der Waals surface area contributed by atoms with Crippen molar-refractivity contribution in [2.24, 2.45) is 5.92 Å². The van der Waals surface area contributed by atoms with E-state index in [-0.39, 0.29) is 17.0 Å². The first-order valence-corrected chi connectivity index (χ1v) is 10.1. The molecule has 2 aromatic rings. The highest BCUT2D eigenvalue weighted by atomic mass is 16.6. The van der Waals surface area contributed by atoms with Crippen LogP contribution in [-0.2, 0) is 4.79 Å². The number of methoxy groups -OCH3 is 1. The monoisotopic (exact) mass is 458 g/mol. The zero-order valence-electron chi connectivity index (χ0n) is 18.5. The fourth-order valence-electron chi connectivity index (χ4n) is 2.59. The Kier molecular flexibility index (Phi) is 9.16. The minimum Gasteiger partial charge on any atom is -0.494 e. The molecule has 0 unspecified atom stereocenters. The molecule has 0 aliphatic rings. The number of hydrogen-bond acceptors (Lipinski definition) is 7. The molecule has 0 saturated heterocycles. The third-order valence-electron chi connectivity index (χ3n) is 4.44. The van der Waals surface area contributed by atoms with Crippen LogP contribution in [-0.4, -0.2) is 42.9 Å². The molecule has 3 N–H and O–H groups in total. The summed E-state index contributed by atoms with van der Waals surface area (Å²) in [7, 11) is 1.27. The summed E-state index contributed by atoms with van der Waals surface area (Å²) in [5, 5.41) is 13.4. The highest BCUT2D eigenvalue weighted by Gasteiger charge is 2.18. The molecule has 11 heteroatoms. The van der Waals surface area contributed by atoms with Gasteiger partial charge in [-0.05, 0) is 48.7 Å². The van der Waals surface area contributed by atoms with Gasteiger partial charge in [0.2, 0.25) is 0 Å². The van der Waals surface area contributed by atoms with E-state index in [0.29, 0.717) is 23.8 Å². The van der Waals surface area contributed by atoms with Crippen molar-refractivity contribution >= 4 is 23.4 Å². The van der Waals surface area contributed by atoms with Gasteiger partial charge in [0.15, 0.2) is 5.75 Å². The van der Waals surface area contributed by atoms with Crippen LogP contribution in [0.5, 0.6) is 11.5 Å². The van der Waals surface area contributed by atoms with E-state index in [1.54, 1.807) is 24.3 Å². The number of carbonyl (C=O) groups excluding carboxylic acids is 3. The van der Waals surface area contributed by atoms with Gasteiger partial charge in [0.05, 0.1) is 25.2 Å². The van der Waals surface area contributed by atoms with Crippen LogP contribution in [0.15, 0.2) is 42.5 Å². The van der Waals surface area contributed by atoms with Crippen molar-refractivity contribution in [1.29, 1.82) is 0 Å². The van der Waals surface area contributed by atoms with Crippen molar-refractivity contribution in [3.05, 3.63) is 63.7 Å². The summed E-state index contributed by atoms with van der Waals surface area (Å²) in [6.45, 7) is 4.32. The van der Waals surface area contributed by atoms with Crippen molar-refractivity contribution in [1.82, 2.24) is 16.2 Å². The van der Waals surface area contributed by atoms with E-state index in [4.69, 9.17) is 9.47 Å². The molecule has 33 heavy (non-hydrogen) atoms. The average molecular weight is 458 g/mol. The smallest absolute Gasteiger partial charge is 0.311 e. The fraction of sp³-hybridized carbons (Fsp3) is 0.318. The van der Waals surface area contributed by atoms with E-state index in [2.05, 4.69) is 30.0 Å². The lowest BCUT2D eigenvalue weighted by Crippen LogP contribution is -2.46. The van der Waals surface area contributed by atoms with Gasteiger partial charge in [-0.1, -0.05) is 13.8 Å². The molecule has 0 spiro atoms. The molecule has 0 aliphatic heterocycles. The second-order valence-electron chi connectivity index (χ2n) is 7.38. The van der Waals surface area contributed by atoms with Gasteiger partial charge in [0.1, 0.15) is 5.75 Å². The number of nitrogens with zero attached hydrogens (tertiary/aromatic N) is 1. The summed E-state index contributed by atoms with van der Waals surface area (Å²) in [6.07, 6.45) is 0.917. The molecule has 0 aliphatic carbocycles. The maximum absolute atomic E-state index is 12.2. The summed E-state index contributed by atoms with van der Waals surface area (Å²) >= 11 is 0. The Morgan fingerprint density at radius 1 is 1.00 bits per heavy atom. The minimum absolute atomic E-state index is 0.00663. The van der Waals surface area contributed by atoms with Crippen LogP contribution >= 0.6 is 0 Å². The minimum atomic E-state index is -0.699. The summed E-state index contributed by atoms with van der Waals surface area (Å²) in [6, 6.07) is 10.1. The number of nitro benzene ring substituents is 1. The van der Waals surface area contributed by atoms with Crippen LogP contribution in [0.1, 0.15) is 41.0 Å². The number of carbonyl (C=O) groups is 3. The molecule has 0 radical (unpaired) electrons. The normalized spacial score (nSPS) is 10.3. The van der Waals surface area contributed by atoms with Crippen LogP contribution in [0.3, 0.4) is 0 Å². The molecule has 0 saturated carbocycles. The van der Waals surface area contributed by atoms with E-state index in [9.17, 15) is 24.5 Å². The standard InChI is InChI=1S/C22H26N4O7/c1-14(2)10-11-33-17-7-4-15(5-8-17)22(29)25-24-20(27)13-23-21(28)16-6-9-19(32-3)18(12-16)26(30)31/h4-9,12,14H,10-11,13H2,1-3H3,(H,23,28)(H,24,27)(H,25,29). The van der Waals surface area contributed by atoms with Crippen LogP contribution in [0.25, 0.3) is 0 Å². The largest absolute Gasteiger partial charge is 0.494 e. The van der Waals surface area contributed by atoms with E-state index in [1.807, 2.05) is 0 Å². The molecule has 2 aromatic carbocycles. The topological polar surface area (TPSA) is 149 Å². The highest BCUT2D eigenvalue weighted by Crippen LogP contribution is 2.27. The predicted octanol–water partition coefficient (Wildman–Crippen LogP) is 2.22. The number of amides is 3. The second kappa shape index (κ2) is 12.0. The summed E-state index contributed by atoms with van der Waals surface area (Å²) in [5.41, 5.74) is 4.34. The van der Waals surface area contributed by atoms with Crippen LogP contribution in [0, 0.1) is 16.0 Å². The molecular formula is C22H26N4O7. The number of nitro groups is 1. The summed E-state index contributed by atoms with van der Waals surface area (Å²) in [5.74, 6) is -0.763. The SMILES string of the molecule is COc1ccc(C(=O)NCC(=O)NNC(=O)c2ccc(OCCC(C)C)cc2)cc1[N+](=O)[O-]. The number of ether oxygens (including phenoxy) is 2. The Bertz CT molecular complexity index is 1010. The van der Waals surface area contributed by atoms with Gasteiger partial charge in [-0.25, -0.2) is 0 Å². The number of hydrazine groups is 1. The van der Waals surface area contributed by atoms with Crippen molar-refractivity contribution in [2.45, 2.75) is 20.3 Å². The Morgan fingerprint density at radius 2 is 1.67 bits per heavy atom. The Balaban J connectivity index is 1.80. The van der Waals surface area contributed by atoms with Crippen molar-refractivity contribution in [3.8, 4) is 11.5 Å². The van der Waals surface area contributed by atoms with Crippen molar-refractivity contribution in [3.63, 3.8) is 0 Å². The zero-order valence-corrected chi connectivity index (χ0v) is 18.5. The first-order valence-electron chi connectivity index (χ1n) is 10.1. The molecule has 0 bridgehead atoms. The molecular weight excluding hydrogens is 432 g/mol. The van der Waals surface area contributed by atoms with Crippen LogP contribution in [0.2, 0.25) is 0 Å². The first kappa shape index (κ1) is 25.1. The number of rotatable bonds is 10. The molecule has 0 heterocycles. The Labute approximate surface area is 190 Å². The number of hydrogen-bond donors (Lipinski definition) is 3. The summed E-state index contributed by atoms with van der Waals surface area (Å²) < 4.78 is 10.5. The van der Waals surface area contributed by atoms with E-state index in [1.165, 1.54) is 19.2 Å². The third-order valence-corrected chi connectivity index (χ3v) is 4.44. The molecule has 3 amide bonds. The third kappa shape index (κ3) is 7.80. The average Bonchev–Trinajstić information content (AvgIpc) is 2.80. The maximum atomic E-state index is 12.2. The van der Waals surface area contributed by atoms with Gasteiger partial charge in [-0.3, -0.25) is 35.3 Å². The van der Waals surface area contributed by atoms with Gasteiger partial charge in [0, 0.05) is 17.2 Å².